The molecule has 1 aliphatic carbocycles. The highest BCUT2D eigenvalue weighted by Crippen LogP contribution is 2.46. The van der Waals surface area contributed by atoms with Crippen molar-refractivity contribution in [3.8, 4) is 0 Å². The molecule has 0 saturated heterocycles. The SMILES string of the molecule is [B][C@@]1(CCC)CCCC(CC)C1. The maximum absolute atomic E-state index is 6.34. The molecule has 0 heterocycles. The Balaban J connectivity index is 2.43. The standard InChI is InChI=1S/C11H21B/c1-3-7-11(12)8-5-6-10(4-2)9-11/h10H,3-9H2,1-2H3/t10?,11-/m0/s1. The summed E-state index contributed by atoms with van der Waals surface area (Å²) in [5, 5.41) is 0.202. The molecule has 1 fully saturated rings. The smallest absolute Gasteiger partial charge is 0.0658 e. The van der Waals surface area contributed by atoms with E-state index in [1.54, 1.807) is 0 Å². The van der Waals surface area contributed by atoms with Crippen molar-refractivity contribution in [3.05, 3.63) is 0 Å². The van der Waals surface area contributed by atoms with E-state index < -0.39 is 0 Å². The molecule has 1 rings (SSSR count). The van der Waals surface area contributed by atoms with Crippen molar-refractivity contribution in [1.29, 1.82) is 0 Å². The van der Waals surface area contributed by atoms with Crippen molar-refractivity contribution >= 4 is 7.85 Å². The molecule has 0 aromatic heterocycles. The predicted molar refractivity (Wildman–Crippen MR) is 55.6 cm³/mol. The van der Waals surface area contributed by atoms with Crippen LogP contribution in [0.5, 0.6) is 0 Å². The van der Waals surface area contributed by atoms with Gasteiger partial charge in [-0.2, -0.15) is 0 Å². The average Bonchev–Trinajstić information content (AvgIpc) is 2.04. The first-order valence-corrected chi connectivity index (χ1v) is 5.49. The van der Waals surface area contributed by atoms with E-state index in [4.69, 9.17) is 7.85 Å². The molecular formula is C11H21B. The maximum atomic E-state index is 6.34. The van der Waals surface area contributed by atoms with Crippen LogP contribution in [0.2, 0.25) is 5.31 Å². The normalized spacial score (nSPS) is 36.7. The summed E-state index contributed by atoms with van der Waals surface area (Å²) in [4.78, 5) is 0. The minimum absolute atomic E-state index is 0.202. The first-order chi connectivity index (χ1) is 5.70. The molecule has 1 unspecified atom stereocenters. The maximum Gasteiger partial charge on any atom is 0.0746 e. The van der Waals surface area contributed by atoms with Crippen LogP contribution in [-0.2, 0) is 0 Å². The fourth-order valence-electron chi connectivity index (χ4n) is 2.60. The van der Waals surface area contributed by atoms with Gasteiger partial charge in [-0.1, -0.05) is 64.1 Å². The van der Waals surface area contributed by atoms with E-state index >= 15 is 0 Å². The first kappa shape index (κ1) is 10.1. The van der Waals surface area contributed by atoms with E-state index in [0.29, 0.717) is 0 Å². The quantitative estimate of drug-likeness (QED) is 0.557. The van der Waals surface area contributed by atoms with E-state index in [2.05, 4.69) is 13.8 Å². The Labute approximate surface area is 78.5 Å². The Kier molecular flexibility index (Phi) is 3.67. The zero-order valence-electron chi connectivity index (χ0n) is 8.60. The first-order valence-electron chi connectivity index (χ1n) is 5.49. The highest BCUT2D eigenvalue weighted by molar-refractivity contribution is 6.15. The van der Waals surface area contributed by atoms with Crippen molar-refractivity contribution < 1.29 is 0 Å². The van der Waals surface area contributed by atoms with Gasteiger partial charge in [0.05, 0.1) is 7.85 Å². The molecule has 2 radical (unpaired) electrons. The molecule has 2 atom stereocenters. The van der Waals surface area contributed by atoms with Crippen LogP contribution in [0.4, 0.5) is 0 Å². The zero-order valence-corrected chi connectivity index (χ0v) is 8.60. The third kappa shape index (κ3) is 2.53. The topological polar surface area (TPSA) is 0 Å². The van der Waals surface area contributed by atoms with Crippen LogP contribution in [0.1, 0.15) is 58.8 Å². The van der Waals surface area contributed by atoms with Crippen LogP contribution in [0.3, 0.4) is 0 Å². The molecule has 1 saturated carbocycles. The summed E-state index contributed by atoms with van der Waals surface area (Å²) in [5.74, 6) is 0.912. The molecule has 0 aromatic rings. The summed E-state index contributed by atoms with van der Waals surface area (Å²) in [6, 6.07) is 0. The van der Waals surface area contributed by atoms with Crippen molar-refractivity contribution in [2.75, 3.05) is 0 Å². The highest BCUT2D eigenvalue weighted by Gasteiger charge is 2.29. The van der Waals surface area contributed by atoms with Crippen LogP contribution in [0.15, 0.2) is 0 Å². The van der Waals surface area contributed by atoms with E-state index in [-0.39, 0.29) is 5.31 Å². The lowest BCUT2D eigenvalue weighted by molar-refractivity contribution is 0.263. The monoisotopic (exact) mass is 164 g/mol. The van der Waals surface area contributed by atoms with E-state index in [1.165, 1.54) is 44.9 Å². The summed E-state index contributed by atoms with van der Waals surface area (Å²) in [5.41, 5.74) is 0. The van der Waals surface area contributed by atoms with Gasteiger partial charge in [-0.15, -0.1) is 0 Å². The molecule has 1 aliphatic rings. The average molecular weight is 164 g/mol. The lowest BCUT2D eigenvalue weighted by atomic mass is 9.55. The molecule has 1 heteroatoms. The lowest BCUT2D eigenvalue weighted by Crippen LogP contribution is -2.22. The number of hydrogen-bond donors (Lipinski definition) is 0. The van der Waals surface area contributed by atoms with Crippen molar-refractivity contribution in [2.45, 2.75) is 64.1 Å². The summed E-state index contributed by atoms with van der Waals surface area (Å²) in [6.07, 6.45) is 9.10. The predicted octanol–water partition coefficient (Wildman–Crippen LogP) is 3.71. The van der Waals surface area contributed by atoms with Gasteiger partial charge in [0.15, 0.2) is 0 Å². The molecular weight excluding hydrogens is 143 g/mol. The molecule has 68 valence electrons. The fourth-order valence-corrected chi connectivity index (χ4v) is 2.60. The Hall–Kier alpha value is 0.0649. The minimum Gasteiger partial charge on any atom is -0.0658 e. The minimum atomic E-state index is 0.202. The Morgan fingerprint density at radius 1 is 1.42 bits per heavy atom. The molecule has 0 N–H and O–H groups in total. The third-order valence-corrected chi connectivity index (χ3v) is 3.31. The van der Waals surface area contributed by atoms with Gasteiger partial charge in [0.1, 0.15) is 0 Å². The Morgan fingerprint density at radius 2 is 2.17 bits per heavy atom. The lowest BCUT2D eigenvalue weighted by Gasteiger charge is -2.38. The fraction of sp³-hybridized carbons (Fsp3) is 1.00. The second-order valence-corrected chi connectivity index (χ2v) is 4.48. The van der Waals surface area contributed by atoms with Crippen molar-refractivity contribution in [1.82, 2.24) is 0 Å². The van der Waals surface area contributed by atoms with Gasteiger partial charge in [0, 0.05) is 0 Å². The van der Waals surface area contributed by atoms with Crippen LogP contribution < -0.4 is 0 Å². The van der Waals surface area contributed by atoms with E-state index in [0.717, 1.165) is 5.92 Å². The number of hydrogen-bond acceptors (Lipinski definition) is 0. The van der Waals surface area contributed by atoms with Crippen LogP contribution in [0.25, 0.3) is 0 Å². The van der Waals surface area contributed by atoms with Crippen molar-refractivity contribution in [2.24, 2.45) is 5.92 Å². The van der Waals surface area contributed by atoms with Gasteiger partial charge >= 0.3 is 0 Å². The van der Waals surface area contributed by atoms with Gasteiger partial charge in [-0.3, -0.25) is 0 Å². The second kappa shape index (κ2) is 4.34. The summed E-state index contributed by atoms with van der Waals surface area (Å²) in [6.45, 7) is 4.53. The summed E-state index contributed by atoms with van der Waals surface area (Å²) < 4.78 is 0. The van der Waals surface area contributed by atoms with Gasteiger partial charge in [-0.25, -0.2) is 0 Å². The van der Waals surface area contributed by atoms with Crippen LogP contribution in [-0.4, -0.2) is 7.85 Å². The molecule has 0 bridgehead atoms. The molecule has 0 aliphatic heterocycles. The largest absolute Gasteiger partial charge is 0.0746 e. The number of rotatable bonds is 3. The highest BCUT2D eigenvalue weighted by atomic mass is 14.3. The summed E-state index contributed by atoms with van der Waals surface area (Å²) in [7, 11) is 6.34. The van der Waals surface area contributed by atoms with Gasteiger partial charge in [0.25, 0.3) is 0 Å². The van der Waals surface area contributed by atoms with Crippen LogP contribution >= 0.6 is 0 Å². The summed E-state index contributed by atoms with van der Waals surface area (Å²) >= 11 is 0. The molecule has 0 spiro atoms. The Morgan fingerprint density at radius 3 is 2.75 bits per heavy atom. The zero-order chi connectivity index (χ0) is 9.03. The molecule has 0 aromatic carbocycles. The second-order valence-electron chi connectivity index (χ2n) is 4.48. The molecule has 0 nitrogen and oxygen atoms in total. The Bertz CT molecular complexity index is 129. The van der Waals surface area contributed by atoms with Gasteiger partial charge in [0.2, 0.25) is 0 Å². The van der Waals surface area contributed by atoms with Gasteiger partial charge < -0.3 is 0 Å². The molecule has 0 amide bonds. The third-order valence-electron chi connectivity index (χ3n) is 3.31. The van der Waals surface area contributed by atoms with E-state index in [9.17, 15) is 0 Å². The van der Waals surface area contributed by atoms with Crippen molar-refractivity contribution in [3.63, 3.8) is 0 Å². The van der Waals surface area contributed by atoms with Crippen LogP contribution in [0, 0.1) is 5.92 Å². The van der Waals surface area contributed by atoms with Gasteiger partial charge in [-0.05, 0) is 5.92 Å². The van der Waals surface area contributed by atoms with E-state index in [1.807, 2.05) is 0 Å². The molecule has 12 heavy (non-hydrogen) atoms.